The van der Waals surface area contributed by atoms with E-state index in [9.17, 15) is 12.8 Å². The highest BCUT2D eigenvalue weighted by atomic mass is 32.2. The Morgan fingerprint density at radius 3 is 2.44 bits per heavy atom. The number of sulfonamides is 1. The minimum absolute atomic E-state index is 0.00856. The highest BCUT2D eigenvalue weighted by Gasteiger charge is 2.15. The fourth-order valence-electron chi connectivity index (χ4n) is 1.43. The van der Waals surface area contributed by atoms with Gasteiger partial charge < -0.3 is 5.73 Å². The second-order valence-corrected chi connectivity index (χ2v) is 5.34. The average Bonchev–Trinajstić information content (AvgIpc) is 2.32. The van der Waals surface area contributed by atoms with E-state index in [1.807, 2.05) is 0 Å². The summed E-state index contributed by atoms with van der Waals surface area (Å²) in [6.07, 6.45) is 0. The molecule has 0 aliphatic heterocycles. The summed E-state index contributed by atoms with van der Waals surface area (Å²) >= 11 is 0. The Labute approximate surface area is 104 Å². The zero-order valence-corrected chi connectivity index (χ0v) is 10.1. The molecule has 18 heavy (non-hydrogen) atoms. The lowest BCUT2D eigenvalue weighted by Gasteiger charge is -2.09. The van der Waals surface area contributed by atoms with Crippen LogP contribution in [0, 0.1) is 5.82 Å². The predicted molar refractivity (Wildman–Crippen MR) is 68.1 cm³/mol. The Morgan fingerprint density at radius 2 is 1.78 bits per heavy atom. The molecule has 0 fully saturated rings. The van der Waals surface area contributed by atoms with Crippen molar-refractivity contribution in [1.82, 2.24) is 0 Å². The highest BCUT2D eigenvalue weighted by Crippen LogP contribution is 2.19. The fourth-order valence-corrected chi connectivity index (χ4v) is 2.55. The van der Waals surface area contributed by atoms with Crippen molar-refractivity contribution in [3.05, 3.63) is 54.3 Å². The number of hydrogen-bond acceptors (Lipinski definition) is 3. The number of para-hydroxylation sites is 1. The summed E-state index contributed by atoms with van der Waals surface area (Å²) in [6.45, 7) is 0. The molecule has 4 nitrogen and oxygen atoms in total. The van der Waals surface area contributed by atoms with Crippen LogP contribution in [0.2, 0.25) is 0 Å². The fraction of sp³-hybridized carbons (Fsp3) is 0. The van der Waals surface area contributed by atoms with Gasteiger partial charge in [0, 0.05) is 5.69 Å². The number of anilines is 2. The van der Waals surface area contributed by atoms with Crippen molar-refractivity contribution >= 4 is 21.4 Å². The van der Waals surface area contributed by atoms with Crippen molar-refractivity contribution in [2.75, 3.05) is 10.5 Å². The zero-order valence-electron chi connectivity index (χ0n) is 9.30. The van der Waals surface area contributed by atoms with Crippen LogP contribution in [0.3, 0.4) is 0 Å². The van der Waals surface area contributed by atoms with Gasteiger partial charge in [-0.3, -0.25) is 4.72 Å². The van der Waals surface area contributed by atoms with Gasteiger partial charge >= 0.3 is 0 Å². The summed E-state index contributed by atoms with van der Waals surface area (Å²) < 4.78 is 39.5. The molecule has 0 spiro atoms. The van der Waals surface area contributed by atoms with Gasteiger partial charge in [0.15, 0.2) is 0 Å². The molecule has 0 unspecified atom stereocenters. The van der Waals surface area contributed by atoms with E-state index < -0.39 is 15.8 Å². The van der Waals surface area contributed by atoms with E-state index in [2.05, 4.69) is 4.72 Å². The maximum absolute atomic E-state index is 13.4. The molecule has 2 rings (SSSR count). The van der Waals surface area contributed by atoms with Crippen LogP contribution in [0.5, 0.6) is 0 Å². The number of rotatable bonds is 3. The molecule has 3 N–H and O–H groups in total. The summed E-state index contributed by atoms with van der Waals surface area (Å²) in [5.41, 5.74) is 5.74. The molecule has 94 valence electrons. The second-order valence-electron chi connectivity index (χ2n) is 3.66. The minimum Gasteiger partial charge on any atom is -0.399 e. The third-order valence-electron chi connectivity index (χ3n) is 2.29. The Hall–Kier alpha value is -2.08. The molecule has 0 bridgehead atoms. The topological polar surface area (TPSA) is 72.2 Å². The van der Waals surface area contributed by atoms with Gasteiger partial charge in [0.05, 0.1) is 10.6 Å². The van der Waals surface area contributed by atoms with E-state index in [4.69, 9.17) is 5.73 Å². The first-order chi connectivity index (χ1) is 8.49. The van der Waals surface area contributed by atoms with E-state index in [1.54, 1.807) is 12.1 Å². The van der Waals surface area contributed by atoms with Gasteiger partial charge in [-0.15, -0.1) is 0 Å². The summed E-state index contributed by atoms with van der Waals surface area (Å²) in [4.78, 5) is -0.00856. The molecule has 6 heteroatoms. The number of nitrogens with two attached hydrogens (primary N) is 1. The van der Waals surface area contributed by atoms with Gasteiger partial charge in [0.1, 0.15) is 5.82 Å². The molecule has 0 saturated heterocycles. The molecule has 2 aromatic rings. The first kappa shape index (κ1) is 12.4. The zero-order chi connectivity index (χ0) is 13.2. The molecule has 2 aromatic carbocycles. The Balaban J connectivity index is 2.37. The standard InChI is InChI=1S/C12H11FN2O2S/c13-11-6-1-2-7-12(11)15-18(16,17)10-5-3-4-9(14)8-10/h1-8,15H,14H2. The van der Waals surface area contributed by atoms with Crippen molar-refractivity contribution in [2.45, 2.75) is 4.90 Å². The van der Waals surface area contributed by atoms with Gasteiger partial charge in [-0.05, 0) is 30.3 Å². The molecule has 0 aromatic heterocycles. The van der Waals surface area contributed by atoms with Crippen LogP contribution in [0.4, 0.5) is 15.8 Å². The quantitative estimate of drug-likeness (QED) is 0.837. The molecule has 0 atom stereocenters. The summed E-state index contributed by atoms with van der Waals surface area (Å²) in [7, 11) is -3.83. The maximum Gasteiger partial charge on any atom is 0.262 e. The molecule has 0 amide bonds. The lowest BCUT2D eigenvalue weighted by molar-refractivity contribution is 0.598. The van der Waals surface area contributed by atoms with E-state index >= 15 is 0 Å². The van der Waals surface area contributed by atoms with Crippen LogP contribution in [-0.2, 0) is 10.0 Å². The predicted octanol–water partition coefficient (Wildman–Crippen LogP) is 2.21. The van der Waals surface area contributed by atoms with Crippen molar-refractivity contribution in [3.63, 3.8) is 0 Å². The van der Waals surface area contributed by atoms with Gasteiger partial charge in [0.2, 0.25) is 0 Å². The molecule has 0 heterocycles. The van der Waals surface area contributed by atoms with E-state index in [0.717, 1.165) is 0 Å². The highest BCUT2D eigenvalue weighted by molar-refractivity contribution is 7.92. The van der Waals surface area contributed by atoms with Crippen LogP contribution in [0.25, 0.3) is 0 Å². The summed E-state index contributed by atoms with van der Waals surface area (Å²) in [5.74, 6) is -0.634. The first-order valence-corrected chi connectivity index (χ1v) is 6.60. The maximum atomic E-state index is 13.4. The van der Waals surface area contributed by atoms with Gasteiger partial charge in [-0.25, -0.2) is 12.8 Å². The number of benzene rings is 2. The molecular weight excluding hydrogens is 255 g/mol. The Bertz CT molecular complexity index is 671. The SMILES string of the molecule is Nc1cccc(S(=O)(=O)Nc2ccccc2F)c1. The molecule has 0 aliphatic carbocycles. The van der Waals surface area contributed by atoms with Crippen LogP contribution in [-0.4, -0.2) is 8.42 Å². The summed E-state index contributed by atoms with van der Waals surface area (Å²) in [5, 5.41) is 0. The third kappa shape index (κ3) is 2.60. The molecule has 0 radical (unpaired) electrons. The second kappa shape index (κ2) is 4.66. The van der Waals surface area contributed by atoms with Gasteiger partial charge in [-0.2, -0.15) is 0 Å². The van der Waals surface area contributed by atoms with Crippen LogP contribution < -0.4 is 10.5 Å². The van der Waals surface area contributed by atoms with E-state index in [1.165, 1.54) is 36.4 Å². The first-order valence-electron chi connectivity index (χ1n) is 5.12. The lowest BCUT2D eigenvalue weighted by Crippen LogP contribution is -2.14. The number of hydrogen-bond donors (Lipinski definition) is 2. The van der Waals surface area contributed by atoms with Crippen LogP contribution in [0.15, 0.2) is 53.4 Å². The number of nitrogens with one attached hydrogen (secondary N) is 1. The van der Waals surface area contributed by atoms with E-state index in [0.29, 0.717) is 5.69 Å². The Kier molecular flexibility index (Phi) is 3.20. The number of nitrogen functional groups attached to an aromatic ring is 1. The monoisotopic (exact) mass is 266 g/mol. The molecular formula is C12H11FN2O2S. The normalized spacial score (nSPS) is 11.2. The van der Waals surface area contributed by atoms with E-state index in [-0.39, 0.29) is 10.6 Å². The van der Waals surface area contributed by atoms with Crippen LogP contribution in [0.1, 0.15) is 0 Å². The van der Waals surface area contributed by atoms with Gasteiger partial charge in [0.25, 0.3) is 10.0 Å². The molecule has 0 saturated carbocycles. The largest absolute Gasteiger partial charge is 0.399 e. The van der Waals surface area contributed by atoms with Gasteiger partial charge in [-0.1, -0.05) is 18.2 Å². The number of halogens is 1. The average molecular weight is 266 g/mol. The third-order valence-corrected chi connectivity index (χ3v) is 3.65. The van der Waals surface area contributed by atoms with Crippen LogP contribution >= 0.6 is 0 Å². The Morgan fingerprint density at radius 1 is 1.06 bits per heavy atom. The van der Waals surface area contributed by atoms with Crippen molar-refractivity contribution in [2.24, 2.45) is 0 Å². The minimum atomic E-state index is -3.83. The van der Waals surface area contributed by atoms with Crippen molar-refractivity contribution in [3.8, 4) is 0 Å². The van der Waals surface area contributed by atoms with Crippen molar-refractivity contribution in [1.29, 1.82) is 0 Å². The molecule has 0 aliphatic rings. The van der Waals surface area contributed by atoms with Crippen molar-refractivity contribution < 1.29 is 12.8 Å². The lowest BCUT2D eigenvalue weighted by atomic mass is 10.3. The smallest absolute Gasteiger partial charge is 0.262 e. The summed E-state index contributed by atoms with van der Waals surface area (Å²) in [6, 6.07) is 11.3.